The van der Waals surface area contributed by atoms with Crippen LogP contribution in [0, 0.1) is 6.92 Å². The number of nitrogens with one attached hydrogen (secondary N) is 1. The molecule has 0 unspecified atom stereocenters. The van der Waals surface area contributed by atoms with E-state index in [1.54, 1.807) is 6.92 Å². The Morgan fingerprint density at radius 2 is 1.97 bits per heavy atom. The Morgan fingerprint density at radius 3 is 2.56 bits per heavy atom. The standard InChI is InChI=1S/C18H12F3N7O3S/c1-8-14(32-27-26-8)15(29)25-12-6-23-13(7-22-12)28-11-4-3-9(16(30)31-2)5-10(11)24-17(28)18(19,20)21/h3-7H,1-2H3,(H,22,25,29). The molecule has 3 aromatic heterocycles. The number of amides is 1. The normalized spacial score (nSPS) is 11.5. The zero-order valence-electron chi connectivity index (χ0n) is 16.3. The van der Waals surface area contributed by atoms with Crippen molar-refractivity contribution in [3.63, 3.8) is 0 Å². The van der Waals surface area contributed by atoms with Crippen LogP contribution in [0.3, 0.4) is 0 Å². The van der Waals surface area contributed by atoms with Crippen molar-refractivity contribution in [3.05, 3.63) is 52.6 Å². The van der Waals surface area contributed by atoms with Gasteiger partial charge >= 0.3 is 12.1 Å². The van der Waals surface area contributed by atoms with Gasteiger partial charge in [-0.2, -0.15) is 13.2 Å². The molecule has 0 aliphatic carbocycles. The van der Waals surface area contributed by atoms with Crippen LogP contribution in [0.4, 0.5) is 19.0 Å². The first-order valence-electron chi connectivity index (χ1n) is 8.79. The minimum absolute atomic E-state index is 0.0255. The van der Waals surface area contributed by atoms with Crippen LogP contribution < -0.4 is 5.32 Å². The number of ether oxygens (including phenoxy) is 1. The third kappa shape index (κ3) is 3.87. The number of esters is 1. The number of rotatable bonds is 4. The Bertz CT molecular complexity index is 1330. The summed E-state index contributed by atoms with van der Waals surface area (Å²) in [6.45, 7) is 1.61. The number of fused-ring (bicyclic) bond motifs is 1. The lowest BCUT2D eigenvalue weighted by molar-refractivity contribution is -0.145. The summed E-state index contributed by atoms with van der Waals surface area (Å²) in [5.74, 6) is -2.62. The fraction of sp³-hybridized carbons (Fsp3) is 0.167. The second kappa shape index (κ2) is 7.96. The minimum Gasteiger partial charge on any atom is -0.465 e. The predicted molar refractivity (Wildman–Crippen MR) is 106 cm³/mol. The molecule has 164 valence electrons. The number of imidazole rings is 1. The lowest BCUT2D eigenvalue weighted by Crippen LogP contribution is -2.16. The average Bonchev–Trinajstić information content (AvgIpc) is 3.36. The van der Waals surface area contributed by atoms with E-state index in [1.165, 1.54) is 18.2 Å². The van der Waals surface area contributed by atoms with E-state index in [9.17, 15) is 22.8 Å². The maximum Gasteiger partial charge on any atom is 0.450 e. The van der Waals surface area contributed by atoms with Crippen LogP contribution in [0.25, 0.3) is 16.9 Å². The molecule has 1 amide bonds. The first kappa shape index (κ1) is 21.3. The van der Waals surface area contributed by atoms with Crippen LogP contribution in [0.5, 0.6) is 0 Å². The molecule has 0 fully saturated rings. The molecule has 1 aromatic carbocycles. The summed E-state index contributed by atoms with van der Waals surface area (Å²) in [6.07, 6.45) is -2.63. The van der Waals surface area contributed by atoms with Crippen molar-refractivity contribution in [2.75, 3.05) is 12.4 Å². The van der Waals surface area contributed by atoms with Crippen molar-refractivity contribution in [2.24, 2.45) is 0 Å². The molecule has 4 rings (SSSR count). The second-order valence-corrected chi connectivity index (χ2v) is 7.12. The van der Waals surface area contributed by atoms with Crippen molar-refractivity contribution < 1.29 is 27.5 Å². The Hall–Kier alpha value is -3.94. The van der Waals surface area contributed by atoms with Crippen LogP contribution in [-0.2, 0) is 10.9 Å². The Morgan fingerprint density at radius 1 is 1.19 bits per heavy atom. The number of aryl methyl sites for hydroxylation is 1. The Labute approximate surface area is 181 Å². The summed E-state index contributed by atoms with van der Waals surface area (Å²) in [5, 5.41) is 6.22. The molecule has 0 radical (unpaired) electrons. The highest BCUT2D eigenvalue weighted by atomic mass is 32.1. The molecule has 0 atom stereocenters. The zero-order valence-corrected chi connectivity index (χ0v) is 17.2. The van der Waals surface area contributed by atoms with E-state index in [-0.39, 0.29) is 33.1 Å². The average molecular weight is 463 g/mol. The first-order chi connectivity index (χ1) is 15.2. The molecule has 4 aromatic rings. The highest BCUT2D eigenvalue weighted by molar-refractivity contribution is 7.08. The van der Waals surface area contributed by atoms with Gasteiger partial charge in [0.2, 0.25) is 5.82 Å². The van der Waals surface area contributed by atoms with Crippen molar-refractivity contribution >= 4 is 40.3 Å². The smallest absolute Gasteiger partial charge is 0.450 e. The van der Waals surface area contributed by atoms with Crippen LogP contribution in [0.15, 0.2) is 30.6 Å². The molecular weight excluding hydrogens is 451 g/mol. The highest BCUT2D eigenvalue weighted by Gasteiger charge is 2.38. The van der Waals surface area contributed by atoms with Gasteiger partial charge in [0.15, 0.2) is 11.6 Å². The fourth-order valence-corrected chi connectivity index (χ4v) is 3.41. The lowest BCUT2D eigenvalue weighted by Gasteiger charge is -2.11. The summed E-state index contributed by atoms with van der Waals surface area (Å²) in [4.78, 5) is 35.8. The number of methoxy groups -OCH3 is 1. The zero-order chi connectivity index (χ0) is 23.0. The van der Waals surface area contributed by atoms with Crippen molar-refractivity contribution in [1.29, 1.82) is 0 Å². The summed E-state index contributed by atoms with van der Waals surface area (Å²) < 4.78 is 50.0. The molecule has 0 aliphatic heterocycles. The molecule has 0 bridgehead atoms. The molecule has 3 heterocycles. The quantitative estimate of drug-likeness (QED) is 0.458. The third-order valence-corrected chi connectivity index (χ3v) is 5.12. The van der Waals surface area contributed by atoms with E-state index >= 15 is 0 Å². The third-order valence-electron chi connectivity index (χ3n) is 4.30. The lowest BCUT2D eigenvalue weighted by atomic mass is 10.2. The topological polar surface area (TPSA) is 125 Å². The van der Waals surface area contributed by atoms with Gasteiger partial charge < -0.3 is 10.1 Å². The number of carbonyl (C=O) groups excluding carboxylic acids is 2. The van der Waals surface area contributed by atoms with E-state index in [0.29, 0.717) is 5.69 Å². The summed E-state index contributed by atoms with van der Waals surface area (Å²) in [7, 11) is 1.16. The molecule has 0 spiro atoms. The number of aromatic nitrogens is 6. The largest absolute Gasteiger partial charge is 0.465 e. The first-order valence-corrected chi connectivity index (χ1v) is 9.57. The van der Waals surface area contributed by atoms with Gasteiger partial charge in [-0.3, -0.25) is 9.36 Å². The van der Waals surface area contributed by atoms with Crippen LogP contribution >= 0.6 is 11.5 Å². The molecule has 1 N–H and O–H groups in total. The van der Waals surface area contributed by atoms with E-state index in [1.807, 2.05) is 0 Å². The van der Waals surface area contributed by atoms with Crippen molar-refractivity contribution in [2.45, 2.75) is 13.1 Å². The van der Waals surface area contributed by atoms with Gasteiger partial charge in [-0.15, -0.1) is 5.10 Å². The number of alkyl halides is 3. The maximum absolute atomic E-state index is 13.7. The molecule has 32 heavy (non-hydrogen) atoms. The van der Waals surface area contributed by atoms with Gasteiger partial charge in [-0.1, -0.05) is 4.49 Å². The molecule has 10 nitrogen and oxygen atoms in total. The summed E-state index contributed by atoms with van der Waals surface area (Å²) in [6, 6.07) is 3.82. The summed E-state index contributed by atoms with van der Waals surface area (Å²) >= 11 is 0.897. The van der Waals surface area contributed by atoms with E-state index in [0.717, 1.165) is 35.6 Å². The molecule has 0 saturated carbocycles. The van der Waals surface area contributed by atoms with E-state index < -0.39 is 23.9 Å². The van der Waals surface area contributed by atoms with Crippen molar-refractivity contribution in [3.8, 4) is 5.82 Å². The fourth-order valence-electron chi connectivity index (χ4n) is 2.86. The number of nitrogens with zero attached hydrogens (tertiary/aromatic N) is 6. The van der Waals surface area contributed by atoms with Gasteiger partial charge in [0.05, 0.1) is 41.8 Å². The van der Waals surface area contributed by atoms with Gasteiger partial charge in [0, 0.05) is 0 Å². The van der Waals surface area contributed by atoms with Gasteiger partial charge in [-0.25, -0.2) is 19.7 Å². The van der Waals surface area contributed by atoms with Crippen LogP contribution in [0.2, 0.25) is 0 Å². The SMILES string of the molecule is COC(=O)c1ccc2c(c1)nc(C(F)(F)F)n2-c1cnc(NC(=O)c2snnc2C)cn1. The molecule has 0 saturated heterocycles. The number of hydrogen-bond donors (Lipinski definition) is 1. The second-order valence-electron chi connectivity index (χ2n) is 6.37. The van der Waals surface area contributed by atoms with Crippen LogP contribution in [0.1, 0.15) is 31.5 Å². The molecule has 0 aliphatic rings. The van der Waals surface area contributed by atoms with Crippen LogP contribution in [-0.4, -0.2) is 48.1 Å². The minimum atomic E-state index is -4.81. The number of carbonyl (C=O) groups is 2. The van der Waals surface area contributed by atoms with Gasteiger partial charge in [-0.05, 0) is 36.7 Å². The molecular formula is C18H12F3N7O3S. The van der Waals surface area contributed by atoms with E-state index in [2.05, 4.69) is 34.6 Å². The highest BCUT2D eigenvalue weighted by Crippen LogP contribution is 2.33. The number of hydrogen-bond acceptors (Lipinski definition) is 9. The van der Waals surface area contributed by atoms with E-state index in [4.69, 9.17) is 0 Å². The Kier molecular flexibility index (Phi) is 5.30. The van der Waals surface area contributed by atoms with Crippen molar-refractivity contribution in [1.82, 2.24) is 29.1 Å². The predicted octanol–water partition coefficient (Wildman–Crippen LogP) is 3.03. The maximum atomic E-state index is 13.7. The monoisotopic (exact) mass is 463 g/mol. The summed E-state index contributed by atoms with van der Waals surface area (Å²) in [5.41, 5.74) is 0.466. The molecule has 14 heteroatoms. The van der Waals surface area contributed by atoms with Gasteiger partial charge in [0.1, 0.15) is 4.88 Å². The van der Waals surface area contributed by atoms with Gasteiger partial charge in [0.25, 0.3) is 5.91 Å². The number of benzene rings is 1. The Balaban J connectivity index is 1.72. The number of anilines is 1. The number of halogens is 3.